The molecule has 1 aromatic carbocycles. The first-order valence-electron chi connectivity index (χ1n) is 12.1. The molecule has 1 aliphatic heterocycles. The van der Waals surface area contributed by atoms with Crippen molar-refractivity contribution >= 4 is 16.8 Å². The molecule has 3 atom stereocenters. The Hall–Kier alpha value is -1.85. The summed E-state index contributed by atoms with van der Waals surface area (Å²) in [6.45, 7) is 5.37. The normalized spacial score (nSPS) is 31.1. The van der Waals surface area contributed by atoms with E-state index in [1.807, 2.05) is 0 Å². The van der Waals surface area contributed by atoms with Crippen LogP contribution >= 0.6 is 0 Å². The van der Waals surface area contributed by atoms with Gasteiger partial charge in [0, 0.05) is 54.8 Å². The molecule has 5 heteroatoms. The molecule has 5 nitrogen and oxygen atoms in total. The van der Waals surface area contributed by atoms with Crippen LogP contribution in [0.1, 0.15) is 69.0 Å². The number of hydrogen-bond acceptors (Lipinski definition) is 3. The number of nitrogens with zero attached hydrogens (tertiary/aromatic N) is 2. The van der Waals surface area contributed by atoms with Crippen molar-refractivity contribution in [1.82, 2.24) is 14.8 Å². The number of hydrogen-bond donors (Lipinski definition) is 1. The molecule has 3 aliphatic rings. The van der Waals surface area contributed by atoms with Gasteiger partial charge < -0.3 is 19.5 Å². The van der Waals surface area contributed by atoms with Gasteiger partial charge in [0.1, 0.15) is 0 Å². The number of likely N-dealkylation sites (tertiary alicyclic amines) is 1. The molecule has 0 bridgehead atoms. The van der Waals surface area contributed by atoms with Gasteiger partial charge in [-0.1, -0.05) is 12.1 Å². The van der Waals surface area contributed by atoms with Crippen LogP contribution < -0.4 is 5.32 Å². The molecule has 1 N–H and O–H groups in total. The van der Waals surface area contributed by atoms with Gasteiger partial charge in [0.2, 0.25) is 5.91 Å². The SMILES string of the molecule is COC1CCC(NC(=O)[C@@H]2C[C@@H]3c4cccc5c4c(cn5C(C)C)C[C@H]3N(C)C2)CC1. The van der Waals surface area contributed by atoms with E-state index in [1.165, 1.54) is 22.0 Å². The minimum absolute atomic E-state index is 0.0652. The summed E-state index contributed by atoms with van der Waals surface area (Å²) in [4.78, 5) is 15.7. The Morgan fingerprint density at radius 3 is 2.68 bits per heavy atom. The van der Waals surface area contributed by atoms with Gasteiger partial charge in [-0.25, -0.2) is 0 Å². The molecule has 0 radical (unpaired) electrons. The maximum Gasteiger partial charge on any atom is 0.224 e. The second-order valence-corrected chi connectivity index (χ2v) is 10.4. The Labute approximate surface area is 186 Å². The van der Waals surface area contributed by atoms with E-state index >= 15 is 0 Å². The van der Waals surface area contributed by atoms with Crippen molar-refractivity contribution in [3.63, 3.8) is 0 Å². The zero-order valence-electron chi connectivity index (χ0n) is 19.4. The number of amides is 1. The molecule has 1 amide bonds. The number of rotatable bonds is 4. The van der Waals surface area contributed by atoms with Crippen LogP contribution in [0.15, 0.2) is 24.4 Å². The quantitative estimate of drug-likeness (QED) is 0.799. The first kappa shape index (κ1) is 21.0. The lowest BCUT2D eigenvalue weighted by Gasteiger charge is -2.45. The number of aromatic nitrogens is 1. The summed E-state index contributed by atoms with van der Waals surface area (Å²) in [5.74, 6) is 0.747. The van der Waals surface area contributed by atoms with Crippen LogP contribution in [0.5, 0.6) is 0 Å². The number of nitrogens with one attached hydrogen (secondary N) is 1. The predicted molar refractivity (Wildman–Crippen MR) is 124 cm³/mol. The van der Waals surface area contributed by atoms with Crippen LogP contribution in [-0.2, 0) is 16.0 Å². The number of likely N-dealkylation sites (N-methyl/N-ethyl adjacent to an activating group) is 1. The van der Waals surface area contributed by atoms with E-state index in [9.17, 15) is 4.79 Å². The molecule has 31 heavy (non-hydrogen) atoms. The van der Waals surface area contributed by atoms with E-state index in [0.717, 1.165) is 45.1 Å². The van der Waals surface area contributed by atoms with Gasteiger partial charge in [0.25, 0.3) is 0 Å². The third-order valence-corrected chi connectivity index (χ3v) is 8.16. The summed E-state index contributed by atoms with van der Waals surface area (Å²) < 4.78 is 7.91. The maximum absolute atomic E-state index is 13.2. The van der Waals surface area contributed by atoms with E-state index in [1.54, 1.807) is 7.11 Å². The summed E-state index contributed by atoms with van der Waals surface area (Å²) >= 11 is 0. The molecule has 2 heterocycles. The Balaban J connectivity index is 1.36. The van der Waals surface area contributed by atoms with Gasteiger partial charge in [0.05, 0.1) is 12.0 Å². The average Bonchev–Trinajstić information content (AvgIpc) is 3.15. The molecule has 2 aromatic rings. The number of piperidine rings is 1. The van der Waals surface area contributed by atoms with Gasteiger partial charge >= 0.3 is 0 Å². The minimum atomic E-state index is 0.0652. The molecular weight excluding hydrogens is 386 g/mol. The highest BCUT2D eigenvalue weighted by Crippen LogP contribution is 2.45. The van der Waals surface area contributed by atoms with Crippen LogP contribution in [0.4, 0.5) is 0 Å². The summed E-state index contributed by atoms with van der Waals surface area (Å²) in [5.41, 5.74) is 4.28. The van der Waals surface area contributed by atoms with Crippen molar-refractivity contribution in [2.75, 3.05) is 20.7 Å². The standard InChI is InChI=1S/C26H37N3O2/c1-16(2)29-15-17-13-24-22(21-6-5-7-23(29)25(17)21)12-18(14-28(24)3)26(30)27-19-8-10-20(31-4)11-9-19/h5-7,15-16,18-20,22,24H,8-14H2,1-4H3,(H,27,30)/t18-,19?,20?,22-,24-/m1/s1. The van der Waals surface area contributed by atoms with Gasteiger partial charge in [-0.2, -0.15) is 0 Å². The Bertz CT molecular complexity index is 957. The minimum Gasteiger partial charge on any atom is -0.381 e. The fraction of sp³-hybridized carbons (Fsp3) is 0.654. The van der Waals surface area contributed by atoms with Crippen molar-refractivity contribution in [1.29, 1.82) is 0 Å². The number of ether oxygens (including phenoxy) is 1. The highest BCUT2D eigenvalue weighted by atomic mass is 16.5. The third-order valence-electron chi connectivity index (χ3n) is 8.16. The van der Waals surface area contributed by atoms with Crippen LogP contribution in [0.3, 0.4) is 0 Å². The third kappa shape index (κ3) is 3.70. The fourth-order valence-electron chi connectivity index (χ4n) is 6.45. The summed E-state index contributed by atoms with van der Waals surface area (Å²) in [5, 5.41) is 4.84. The van der Waals surface area contributed by atoms with Gasteiger partial charge in [-0.3, -0.25) is 4.79 Å². The van der Waals surface area contributed by atoms with Crippen molar-refractivity contribution in [2.45, 2.75) is 82.5 Å². The fourth-order valence-corrected chi connectivity index (χ4v) is 6.45. The van der Waals surface area contributed by atoms with E-state index in [2.05, 4.69) is 60.1 Å². The number of methoxy groups -OCH3 is 1. The van der Waals surface area contributed by atoms with Crippen molar-refractivity contribution < 1.29 is 9.53 Å². The van der Waals surface area contributed by atoms with Crippen molar-refractivity contribution in [3.05, 3.63) is 35.5 Å². The zero-order valence-corrected chi connectivity index (χ0v) is 19.4. The van der Waals surface area contributed by atoms with Gasteiger partial charge in [0.15, 0.2) is 0 Å². The second kappa shape index (κ2) is 8.25. The highest BCUT2D eigenvalue weighted by Gasteiger charge is 2.42. The molecule has 0 unspecified atom stereocenters. The lowest BCUT2D eigenvalue weighted by Crippen LogP contribution is -2.52. The second-order valence-electron chi connectivity index (χ2n) is 10.4. The average molecular weight is 424 g/mol. The smallest absolute Gasteiger partial charge is 0.224 e. The first-order chi connectivity index (χ1) is 15.0. The van der Waals surface area contributed by atoms with Crippen LogP contribution in [0.25, 0.3) is 10.9 Å². The number of benzene rings is 1. The van der Waals surface area contributed by atoms with E-state index < -0.39 is 0 Å². The largest absolute Gasteiger partial charge is 0.381 e. The van der Waals surface area contributed by atoms with Crippen molar-refractivity contribution in [3.8, 4) is 0 Å². The topological polar surface area (TPSA) is 46.5 Å². The molecule has 1 saturated carbocycles. The highest BCUT2D eigenvalue weighted by molar-refractivity contribution is 5.89. The monoisotopic (exact) mass is 423 g/mol. The molecule has 0 spiro atoms. The zero-order chi connectivity index (χ0) is 21.7. The summed E-state index contributed by atoms with van der Waals surface area (Å²) in [6, 6.07) is 8.03. The van der Waals surface area contributed by atoms with Gasteiger partial charge in [-0.05, 0) is 76.6 Å². The number of carbonyl (C=O) groups excluding carboxylic acids is 1. The van der Waals surface area contributed by atoms with E-state index in [-0.39, 0.29) is 11.8 Å². The van der Waals surface area contributed by atoms with Gasteiger partial charge in [-0.15, -0.1) is 0 Å². The number of fused-ring (bicyclic) bond motifs is 2. The van der Waals surface area contributed by atoms with Crippen LogP contribution in [0.2, 0.25) is 0 Å². The first-order valence-corrected chi connectivity index (χ1v) is 12.1. The Kier molecular flexibility index (Phi) is 5.59. The molecular formula is C26H37N3O2. The number of carbonyl (C=O) groups is 1. The summed E-state index contributed by atoms with van der Waals surface area (Å²) in [7, 11) is 4.01. The lowest BCUT2D eigenvalue weighted by atomic mass is 9.72. The molecule has 168 valence electrons. The Morgan fingerprint density at radius 1 is 1.19 bits per heavy atom. The van der Waals surface area contributed by atoms with E-state index in [0.29, 0.717) is 30.1 Å². The van der Waals surface area contributed by atoms with E-state index in [4.69, 9.17) is 4.74 Å². The molecule has 5 rings (SSSR count). The molecule has 2 fully saturated rings. The molecule has 1 aromatic heterocycles. The molecule has 1 saturated heterocycles. The van der Waals surface area contributed by atoms with Crippen LogP contribution in [0, 0.1) is 5.92 Å². The Morgan fingerprint density at radius 2 is 1.97 bits per heavy atom. The lowest BCUT2D eigenvalue weighted by molar-refractivity contribution is -0.128. The van der Waals surface area contributed by atoms with Crippen molar-refractivity contribution in [2.24, 2.45) is 5.92 Å². The maximum atomic E-state index is 13.2. The predicted octanol–water partition coefficient (Wildman–Crippen LogP) is 4.26. The molecule has 2 aliphatic carbocycles. The summed E-state index contributed by atoms with van der Waals surface area (Å²) in [6.07, 6.45) is 8.95. The van der Waals surface area contributed by atoms with Crippen LogP contribution in [-0.4, -0.2) is 54.3 Å².